The molecule has 1 aliphatic heterocycles. The molecule has 168 valence electrons. The summed E-state index contributed by atoms with van der Waals surface area (Å²) in [5, 5.41) is 3.38. The van der Waals surface area contributed by atoms with Crippen molar-refractivity contribution in [2.45, 2.75) is 33.9 Å². The fraction of sp³-hybridized carbons (Fsp3) is 0.348. The highest BCUT2D eigenvalue weighted by molar-refractivity contribution is 5.80. The summed E-state index contributed by atoms with van der Waals surface area (Å²) < 4.78 is 18.0. The molecule has 0 radical (unpaired) electrons. The number of nitrogens with one attached hydrogen (secondary N) is 1. The number of ether oxygens (including phenoxy) is 2. The minimum atomic E-state index is -0.442. The Hall–Kier alpha value is -3.75. The van der Waals surface area contributed by atoms with Crippen molar-refractivity contribution in [1.29, 1.82) is 0 Å². The van der Waals surface area contributed by atoms with Gasteiger partial charge in [0.25, 0.3) is 0 Å². The zero-order valence-electron chi connectivity index (χ0n) is 18.9. The topological polar surface area (TPSA) is 94.7 Å². The van der Waals surface area contributed by atoms with Gasteiger partial charge in [-0.05, 0) is 31.4 Å². The van der Waals surface area contributed by atoms with Crippen molar-refractivity contribution in [2.75, 3.05) is 19.5 Å². The maximum atomic E-state index is 12.2. The van der Waals surface area contributed by atoms with Gasteiger partial charge in [-0.3, -0.25) is 4.90 Å². The fourth-order valence-electron chi connectivity index (χ4n) is 3.72. The number of amides is 1. The molecule has 9 nitrogen and oxygen atoms in total. The molecule has 0 atom stereocenters. The van der Waals surface area contributed by atoms with E-state index in [1.165, 1.54) is 18.4 Å². The van der Waals surface area contributed by atoms with Crippen LogP contribution in [0.1, 0.15) is 31.1 Å². The number of carbonyl (C=O) groups excluding carboxylic acids is 1. The first-order chi connectivity index (χ1) is 15.4. The fourth-order valence-corrected chi connectivity index (χ4v) is 3.72. The van der Waals surface area contributed by atoms with Gasteiger partial charge in [0, 0.05) is 24.2 Å². The van der Waals surface area contributed by atoms with Gasteiger partial charge in [0.15, 0.2) is 18.0 Å². The summed E-state index contributed by atoms with van der Waals surface area (Å²) in [5.41, 5.74) is 4.03. The zero-order valence-corrected chi connectivity index (χ0v) is 18.9. The lowest BCUT2D eigenvalue weighted by molar-refractivity contribution is 0.129. The summed E-state index contributed by atoms with van der Waals surface area (Å²) in [6.07, 6.45) is 5.52. The van der Waals surface area contributed by atoms with Crippen molar-refractivity contribution in [2.24, 2.45) is 5.92 Å². The number of oxazole rings is 1. The van der Waals surface area contributed by atoms with Gasteiger partial charge >= 0.3 is 6.09 Å². The molecule has 9 heteroatoms. The largest absolute Gasteiger partial charge is 0.496 e. The lowest BCUT2D eigenvalue weighted by Crippen LogP contribution is -2.32. The maximum Gasteiger partial charge on any atom is 0.415 e. The number of rotatable bonds is 6. The number of hydrogen-bond donors (Lipinski definition) is 1. The average Bonchev–Trinajstić information content (AvgIpc) is 3.38. The molecular formula is C23H27N5O4. The summed E-state index contributed by atoms with van der Waals surface area (Å²) in [6, 6.07) is 5.70. The maximum absolute atomic E-state index is 12.2. The lowest BCUT2D eigenvalue weighted by atomic mass is 10.1. The summed E-state index contributed by atoms with van der Waals surface area (Å²) >= 11 is 0. The molecule has 32 heavy (non-hydrogen) atoms. The van der Waals surface area contributed by atoms with E-state index in [4.69, 9.17) is 18.9 Å². The highest BCUT2D eigenvalue weighted by atomic mass is 16.5. The van der Waals surface area contributed by atoms with Gasteiger partial charge < -0.3 is 23.8 Å². The molecule has 3 heterocycles. The molecule has 0 saturated carbocycles. The van der Waals surface area contributed by atoms with Crippen molar-refractivity contribution in [3.63, 3.8) is 0 Å². The smallest absolute Gasteiger partial charge is 0.415 e. The molecule has 0 aliphatic carbocycles. The Bertz CT molecular complexity index is 1160. The molecule has 1 aromatic carbocycles. The highest BCUT2D eigenvalue weighted by Gasteiger charge is 2.25. The third kappa shape index (κ3) is 4.18. The first-order valence-electron chi connectivity index (χ1n) is 10.4. The number of fused-ring (bicyclic) bond motifs is 1. The number of carbonyl (C=O) groups is 1. The lowest BCUT2D eigenvalue weighted by Gasteiger charge is -2.26. The van der Waals surface area contributed by atoms with Crippen LogP contribution in [0.3, 0.4) is 0 Å². The van der Waals surface area contributed by atoms with Crippen molar-refractivity contribution in [3.05, 3.63) is 54.2 Å². The monoisotopic (exact) mass is 437 g/mol. The molecule has 3 aromatic rings. The Balaban J connectivity index is 1.68. The molecule has 0 bridgehead atoms. The molecule has 0 fully saturated rings. The predicted octanol–water partition coefficient (Wildman–Crippen LogP) is 4.50. The van der Waals surface area contributed by atoms with Crippen LogP contribution in [0.15, 0.2) is 41.4 Å². The third-order valence-corrected chi connectivity index (χ3v) is 5.15. The van der Waals surface area contributed by atoms with Crippen LogP contribution >= 0.6 is 0 Å². The normalized spacial score (nSPS) is 13.1. The second-order valence-electron chi connectivity index (χ2n) is 8.05. The van der Waals surface area contributed by atoms with Gasteiger partial charge in [-0.1, -0.05) is 13.8 Å². The number of aromatic nitrogens is 3. The first-order valence-corrected chi connectivity index (χ1v) is 10.4. The molecule has 0 saturated heterocycles. The van der Waals surface area contributed by atoms with E-state index < -0.39 is 6.09 Å². The Morgan fingerprint density at radius 3 is 2.78 bits per heavy atom. The van der Waals surface area contributed by atoms with Gasteiger partial charge in [0.1, 0.15) is 12.4 Å². The number of methoxy groups -OCH3 is 2. The Morgan fingerprint density at radius 2 is 2.12 bits per heavy atom. The Morgan fingerprint density at radius 1 is 1.31 bits per heavy atom. The van der Waals surface area contributed by atoms with Crippen LogP contribution in [-0.2, 0) is 17.8 Å². The minimum Gasteiger partial charge on any atom is -0.496 e. The molecule has 1 aliphatic rings. The van der Waals surface area contributed by atoms with E-state index in [9.17, 15) is 4.79 Å². The van der Waals surface area contributed by atoms with Crippen molar-refractivity contribution < 1.29 is 18.7 Å². The highest BCUT2D eigenvalue weighted by Crippen LogP contribution is 2.35. The van der Waals surface area contributed by atoms with E-state index in [-0.39, 0.29) is 0 Å². The predicted molar refractivity (Wildman–Crippen MR) is 120 cm³/mol. The molecule has 1 N–H and O–H groups in total. The number of benzene rings is 1. The molecule has 0 unspecified atom stereocenters. The molecule has 0 spiro atoms. The molecule has 1 amide bonds. The van der Waals surface area contributed by atoms with Crippen LogP contribution in [0.4, 0.5) is 10.5 Å². The van der Waals surface area contributed by atoms with E-state index in [1.54, 1.807) is 13.3 Å². The second-order valence-corrected chi connectivity index (χ2v) is 8.05. The first kappa shape index (κ1) is 21.5. The molecular weight excluding hydrogens is 410 g/mol. The van der Waals surface area contributed by atoms with E-state index in [0.29, 0.717) is 29.8 Å². The van der Waals surface area contributed by atoms with Crippen molar-refractivity contribution in [1.82, 2.24) is 19.4 Å². The quantitative estimate of drug-likeness (QED) is 0.606. The van der Waals surface area contributed by atoms with Crippen LogP contribution in [-0.4, -0.2) is 39.7 Å². The van der Waals surface area contributed by atoms with Crippen LogP contribution in [0, 0.1) is 12.8 Å². The second kappa shape index (κ2) is 8.78. The van der Waals surface area contributed by atoms with Crippen molar-refractivity contribution >= 4 is 17.5 Å². The van der Waals surface area contributed by atoms with E-state index in [0.717, 1.165) is 34.9 Å². The SMILES string of the molecule is COC(=O)N1C=C(Nc2ccc(-c3ocnc3C)c(OC)c2)c2nc(CC(C)C)cn2C1. The summed E-state index contributed by atoms with van der Waals surface area (Å²) in [7, 11) is 2.98. The minimum absolute atomic E-state index is 0.339. The van der Waals surface area contributed by atoms with E-state index in [2.05, 4.69) is 24.1 Å². The van der Waals surface area contributed by atoms with E-state index in [1.807, 2.05) is 35.9 Å². The number of aryl methyl sites for hydroxylation is 1. The van der Waals surface area contributed by atoms with Gasteiger partial charge in [0.05, 0.1) is 36.9 Å². The summed E-state index contributed by atoms with van der Waals surface area (Å²) in [4.78, 5) is 22.7. The standard InChI is InChI=1S/C23H27N5O4/c1-14(2)8-17-10-27-13-28(23(29)31-5)11-19(22(27)26-17)25-16-6-7-18(20(9-16)30-4)21-15(3)24-12-32-21/h6-7,9-12,14,25H,8,13H2,1-5H3. The zero-order chi connectivity index (χ0) is 22.8. The van der Waals surface area contributed by atoms with Crippen LogP contribution in [0.25, 0.3) is 17.0 Å². The molecule has 4 rings (SSSR count). The number of hydrogen-bond acceptors (Lipinski definition) is 7. The van der Waals surface area contributed by atoms with Crippen LogP contribution < -0.4 is 10.1 Å². The number of anilines is 1. The van der Waals surface area contributed by atoms with Crippen LogP contribution in [0.5, 0.6) is 5.75 Å². The Kier molecular flexibility index (Phi) is 5.89. The van der Waals surface area contributed by atoms with E-state index >= 15 is 0 Å². The average molecular weight is 438 g/mol. The Labute approximate surface area is 186 Å². The van der Waals surface area contributed by atoms with Crippen molar-refractivity contribution in [3.8, 4) is 17.1 Å². The van der Waals surface area contributed by atoms with Gasteiger partial charge in [-0.2, -0.15) is 0 Å². The number of nitrogens with zero attached hydrogens (tertiary/aromatic N) is 4. The van der Waals surface area contributed by atoms with Crippen LogP contribution in [0.2, 0.25) is 0 Å². The van der Waals surface area contributed by atoms with Gasteiger partial charge in [-0.25, -0.2) is 14.8 Å². The summed E-state index contributed by atoms with van der Waals surface area (Å²) in [6.45, 7) is 6.52. The third-order valence-electron chi connectivity index (χ3n) is 5.15. The number of imidazole rings is 1. The summed E-state index contributed by atoms with van der Waals surface area (Å²) in [5.74, 6) is 2.53. The molecule has 2 aromatic heterocycles. The van der Waals surface area contributed by atoms with Gasteiger partial charge in [-0.15, -0.1) is 0 Å². The van der Waals surface area contributed by atoms with Gasteiger partial charge in [0.2, 0.25) is 0 Å².